The molecule has 4 aromatic carbocycles. The Labute approximate surface area is 309 Å². The number of aromatic nitrogens is 2. The quantitative estimate of drug-likeness (QED) is 0.0989. The van der Waals surface area contributed by atoms with Gasteiger partial charge in [0.1, 0.15) is 0 Å². The predicted octanol–water partition coefficient (Wildman–Crippen LogP) is 12.2. The van der Waals surface area contributed by atoms with Gasteiger partial charge in [-0.15, -0.1) is 11.5 Å². The summed E-state index contributed by atoms with van der Waals surface area (Å²) in [5, 5.41) is 13.3. The van der Waals surface area contributed by atoms with E-state index in [1.54, 1.807) is 11.3 Å². The van der Waals surface area contributed by atoms with Gasteiger partial charge in [0.25, 0.3) is 0 Å². The van der Waals surface area contributed by atoms with Crippen LogP contribution in [0.5, 0.6) is 0 Å². The minimum absolute atomic E-state index is 0. The van der Waals surface area contributed by atoms with Gasteiger partial charge in [-0.2, -0.15) is 0 Å². The monoisotopic (exact) mass is 848 g/mol. The van der Waals surface area contributed by atoms with Crippen molar-refractivity contribution in [2.24, 2.45) is 5.41 Å². The molecule has 0 bridgehead atoms. The van der Waals surface area contributed by atoms with Crippen molar-refractivity contribution in [2.45, 2.75) is 80.6 Å². The van der Waals surface area contributed by atoms with Crippen LogP contribution in [0.25, 0.3) is 49.3 Å². The third-order valence-electron chi connectivity index (χ3n) is 8.25. The zero-order valence-electron chi connectivity index (χ0n) is 30.0. The number of rotatable bonds is 7. The van der Waals surface area contributed by atoms with Crippen molar-refractivity contribution in [3.05, 3.63) is 119 Å². The summed E-state index contributed by atoms with van der Waals surface area (Å²) in [4.78, 5) is 15.3. The Bertz CT molecular complexity index is 2060. The van der Waals surface area contributed by atoms with Gasteiger partial charge >= 0.3 is 0 Å². The summed E-state index contributed by atoms with van der Waals surface area (Å²) in [6, 6.07) is 31.0. The SMILES string of the molecule is CC(=O)/C=C(/C)O.CC(C)c1cc(-c2ccccc2)cc(C(C)C)c1-n1c(-c2[c-]sc3ccc(CC(C)(C)C)cc23)nc2ccccc21.[Ir]. The number of nitrogens with zero attached hydrogens (tertiary/aromatic N) is 2. The smallest absolute Gasteiger partial charge is 0.155 e. The number of hydrogen-bond acceptors (Lipinski definition) is 4. The van der Waals surface area contributed by atoms with Crippen LogP contribution in [0.15, 0.2) is 96.8 Å². The van der Waals surface area contributed by atoms with Gasteiger partial charge in [-0.3, -0.25) is 21.1 Å². The topological polar surface area (TPSA) is 55.1 Å². The number of benzene rings is 4. The number of allylic oxidation sites excluding steroid dienone is 2. The molecular formula is C43H47IrN2O2S-. The zero-order valence-corrected chi connectivity index (χ0v) is 33.2. The van der Waals surface area contributed by atoms with E-state index in [0.29, 0.717) is 11.8 Å². The average molecular weight is 848 g/mol. The van der Waals surface area contributed by atoms with Crippen molar-refractivity contribution in [3.63, 3.8) is 0 Å². The molecule has 49 heavy (non-hydrogen) atoms. The predicted molar refractivity (Wildman–Crippen MR) is 205 cm³/mol. The zero-order chi connectivity index (χ0) is 34.7. The van der Waals surface area contributed by atoms with Gasteiger partial charge in [0, 0.05) is 31.9 Å². The molecule has 4 nitrogen and oxygen atoms in total. The normalized spacial score (nSPS) is 11.9. The van der Waals surface area contributed by atoms with Crippen LogP contribution in [0.3, 0.4) is 0 Å². The maximum atomic E-state index is 10.0. The van der Waals surface area contributed by atoms with Gasteiger partial charge in [-0.1, -0.05) is 124 Å². The summed E-state index contributed by atoms with van der Waals surface area (Å²) in [6.07, 6.45) is 2.20. The largest absolute Gasteiger partial charge is 0.512 e. The maximum Gasteiger partial charge on any atom is 0.155 e. The fourth-order valence-corrected chi connectivity index (χ4v) is 7.06. The second kappa shape index (κ2) is 15.8. The summed E-state index contributed by atoms with van der Waals surface area (Å²) in [7, 11) is 0. The number of thiophene rings is 1. The number of aliphatic hydroxyl groups excluding tert-OH is 1. The Morgan fingerprint density at radius 1 is 0.878 bits per heavy atom. The molecule has 6 rings (SSSR count). The molecule has 6 heteroatoms. The number of ketones is 1. The molecule has 257 valence electrons. The molecule has 2 aromatic heterocycles. The van der Waals surface area contributed by atoms with E-state index in [1.165, 1.54) is 63.5 Å². The Kier molecular flexibility index (Phi) is 12.2. The molecule has 0 amide bonds. The first-order valence-corrected chi connectivity index (χ1v) is 17.6. The average Bonchev–Trinajstić information content (AvgIpc) is 3.60. The van der Waals surface area contributed by atoms with Crippen LogP contribution in [0.4, 0.5) is 0 Å². The van der Waals surface area contributed by atoms with Crippen LogP contribution >= 0.6 is 11.3 Å². The van der Waals surface area contributed by atoms with E-state index >= 15 is 0 Å². The number of imidazole rings is 1. The fraction of sp³-hybridized carbons (Fsp3) is 0.302. The van der Waals surface area contributed by atoms with Crippen LogP contribution in [0.1, 0.15) is 90.8 Å². The molecule has 0 aliphatic heterocycles. The van der Waals surface area contributed by atoms with Gasteiger partial charge in [-0.05, 0) is 84.0 Å². The molecule has 0 spiro atoms. The first-order valence-electron chi connectivity index (χ1n) is 16.8. The maximum absolute atomic E-state index is 10.0. The van der Waals surface area contributed by atoms with Gasteiger partial charge in [0.2, 0.25) is 0 Å². The van der Waals surface area contributed by atoms with Crippen molar-refractivity contribution in [1.29, 1.82) is 0 Å². The minimum Gasteiger partial charge on any atom is -0.512 e. The summed E-state index contributed by atoms with van der Waals surface area (Å²) in [5.41, 5.74) is 11.3. The van der Waals surface area contributed by atoms with Crippen molar-refractivity contribution in [1.82, 2.24) is 9.55 Å². The Hall–Kier alpha value is -3.83. The number of aliphatic hydroxyl groups is 1. The van der Waals surface area contributed by atoms with E-state index in [2.05, 4.69) is 143 Å². The van der Waals surface area contributed by atoms with E-state index < -0.39 is 0 Å². The molecule has 1 radical (unpaired) electrons. The second-order valence-corrected chi connectivity index (χ2v) is 15.3. The molecule has 0 saturated carbocycles. The molecule has 2 heterocycles. The molecular weight excluding hydrogens is 801 g/mol. The van der Waals surface area contributed by atoms with E-state index in [1.807, 2.05) is 0 Å². The van der Waals surface area contributed by atoms with Crippen molar-refractivity contribution in [3.8, 4) is 28.2 Å². The summed E-state index contributed by atoms with van der Waals surface area (Å²) >= 11 is 1.69. The molecule has 0 aliphatic carbocycles. The van der Waals surface area contributed by atoms with Gasteiger partial charge in [-0.25, -0.2) is 0 Å². The first-order chi connectivity index (χ1) is 22.7. The number of fused-ring (bicyclic) bond motifs is 2. The summed E-state index contributed by atoms with van der Waals surface area (Å²) in [6.45, 7) is 19.0. The van der Waals surface area contributed by atoms with E-state index in [4.69, 9.17) is 10.1 Å². The molecule has 6 aromatic rings. The van der Waals surface area contributed by atoms with Crippen LogP contribution in [-0.2, 0) is 31.3 Å². The number of para-hydroxylation sites is 2. The Balaban J connectivity index is 0.000000613. The molecule has 0 unspecified atom stereocenters. The Morgan fingerprint density at radius 3 is 2.04 bits per heavy atom. The van der Waals surface area contributed by atoms with Gasteiger partial charge in [0.05, 0.1) is 22.6 Å². The number of hydrogen-bond donors (Lipinski definition) is 1. The van der Waals surface area contributed by atoms with Crippen molar-refractivity contribution in [2.75, 3.05) is 0 Å². The molecule has 0 aliphatic rings. The van der Waals surface area contributed by atoms with E-state index in [0.717, 1.165) is 28.8 Å². The second-order valence-electron chi connectivity index (χ2n) is 14.5. The number of carbonyl (C=O) groups is 1. The third-order valence-corrected chi connectivity index (χ3v) is 9.13. The summed E-state index contributed by atoms with van der Waals surface area (Å²) < 4.78 is 3.69. The van der Waals surface area contributed by atoms with Crippen LogP contribution in [-0.4, -0.2) is 20.4 Å². The summed E-state index contributed by atoms with van der Waals surface area (Å²) in [5.74, 6) is 1.58. The van der Waals surface area contributed by atoms with Crippen LogP contribution in [0, 0.1) is 10.8 Å². The van der Waals surface area contributed by atoms with Crippen molar-refractivity contribution >= 4 is 38.2 Å². The molecule has 0 atom stereocenters. The van der Waals surface area contributed by atoms with E-state index in [9.17, 15) is 4.79 Å². The first kappa shape index (κ1) is 38.0. The number of carbonyl (C=O) groups excluding carboxylic acids is 1. The van der Waals surface area contributed by atoms with E-state index in [-0.39, 0.29) is 37.1 Å². The van der Waals surface area contributed by atoms with Crippen LogP contribution < -0.4 is 0 Å². The minimum atomic E-state index is -0.125. The van der Waals surface area contributed by atoms with Gasteiger partial charge in [0.15, 0.2) is 5.78 Å². The molecule has 1 N–H and O–H groups in total. The third kappa shape index (κ3) is 8.86. The van der Waals surface area contributed by atoms with Crippen molar-refractivity contribution < 1.29 is 30.0 Å². The van der Waals surface area contributed by atoms with Gasteiger partial charge < -0.3 is 9.67 Å². The molecule has 0 fully saturated rings. The van der Waals surface area contributed by atoms with Crippen LogP contribution in [0.2, 0.25) is 0 Å². The molecule has 0 saturated heterocycles. The Morgan fingerprint density at radius 2 is 1.49 bits per heavy atom. The fourth-order valence-electron chi connectivity index (χ4n) is 6.24. The standard InChI is InChI=1S/C38H39N2S.C5H8O2.Ir/c1-24(2)29-20-28(27-13-9-8-10-14-27)21-30(25(3)4)36(29)40-34-16-12-11-15-33(34)39-37(40)32-23-41-35-18-17-26(19-31(32)35)22-38(5,6)7;1-4(6)3-5(2)7;/h8-21,24-25H,22H2,1-7H3;3,6H,1-2H3;/q-1;;/b;4-3-;.